The summed E-state index contributed by atoms with van der Waals surface area (Å²) in [6.07, 6.45) is 0.167. The van der Waals surface area contributed by atoms with Crippen LogP contribution < -0.4 is 5.73 Å². The molecule has 0 bridgehead atoms. The molecule has 0 saturated heterocycles. The lowest BCUT2D eigenvalue weighted by atomic mass is 10.1. The van der Waals surface area contributed by atoms with E-state index in [9.17, 15) is 14.7 Å². The van der Waals surface area contributed by atoms with Gasteiger partial charge in [-0.25, -0.2) is 4.79 Å². The molecule has 1 atom stereocenters. The van der Waals surface area contributed by atoms with Crippen molar-refractivity contribution in [2.75, 3.05) is 0 Å². The Bertz CT molecular complexity index is 701. The molecule has 6 heteroatoms. The van der Waals surface area contributed by atoms with Crippen molar-refractivity contribution in [1.29, 1.82) is 0 Å². The topological polar surface area (TPSA) is 98.9 Å². The second-order valence-electron chi connectivity index (χ2n) is 5.99. The number of carbonyl (C=O) groups is 2. The van der Waals surface area contributed by atoms with Gasteiger partial charge in [0.2, 0.25) is 5.72 Å². The van der Waals surface area contributed by atoms with Crippen molar-refractivity contribution in [2.24, 2.45) is 5.73 Å². The molecule has 0 aliphatic rings. The van der Waals surface area contributed by atoms with Gasteiger partial charge >= 0.3 is 11.9 Å². The quantitative estimate of drug-likeness (QED) is 0.528. The number of hydrogen-bond donors (Lipinski definition) is 2. The van der Waals surface area contributed by atoms with Gasteiger partial charge in [0.15, 0.2) is 0 Å². The monoisotopic (exact) mass is 357 g/mol. The van der Waals surface area contributed by atoms with E-state index in [1.807, 2.05) is 48.5 Å². The molecule has 0 saturated carbocycles. The van der Waals surface area contributed by atoms with Crippen molar-refractivity contribution in [3.63, 3.8) is 0 Å². The Morgan fingerprint density at radius 1 is 0.885 bits per heavy atom. The fraction of sp³-hybridized carbons (Fsp3) is 0.300. The zero-order valence-electron chi connectivity index (χ0n) is 14.5. The van der Waals surface area contributed by atoms with Gasteiger partial charge in [-0.2, -0.15) is 0 Å². The van der Waals surface area contributed by atoms with Crippen LogP contribution in [0.2, 0.25) is 0 Å². The lowest BCUT2D eigenvalue weighted by Gasteiger charge is -2.20. The molecule has 0 fully saturated rings. The largest absolute Gasteiger partial charge is 0.461 e. The first-order chi connectivity index (χ1) is 12.5. The van der Waals surface area contributed by atoms with Gasteiger partial charge in [-0.15, -0.1) is 0 Å². The predicted molar refractivity (Wildman–Crippen MR) is 95.5 cm³/mol. The second kappa shape index (κ2) is 9.70. The first kappa shape index (κ1) is 19.6. The minimum atomic E-state index is -2.13. The molecule has 2 rings (SSSR count). The van der Waals surface area contributed by atoms with Crippen molar-refractivity contribution in [3.05, 3.63) is 71.8 Å². The van der Waals surface area contributed by atoms with Crippen LogP contribution in [0.5, 0.6) is 0 Å². The van der Waals surface area contributed by atoms with Crippen LogP contribution in [0.1, 0.15) is 30.4 Å². The number of ether oxygens (including phenoxy) is 2. The van der Waals surface area contributed by atoms with E-state index in [1.165, 1.54) is 0 Å². The number of nitrogens with two attached hydrogens (primary N) is 1. The van der Waals surface area contributed by atoms with Crippen LogP contribution in [0.3, 0.4) is 0 Å². The number of benzene rings is 2. The van der Waals surface area contributed by atoms with Crippen LogP contribution in [0.15, 0.2) is 60.7 Å². The standard InChI is InChI=1S/C20H23NO5/c21-20(24,19(23)26-15-17-10-5-2-6-11-17)13-7-12-18(22)25-14-16-8-3-1-4-9-16/h1-6,8-11,24H,7,12-15,21H2/t20-/m0/s1. The third-order valence-corrected chi connectivity index (χ3v) is 3.75. The highest BCUT2D eigenvalue weighted by atomic mass is 16.6. The summed E-state index contributed by atoms with van der Waals surface area (Å²) in [6, 6.07) is 18.4. The summed E-state index contributed by atoms with van der Waals surface area (Å²) in [7, 11) is 0. The van der Waals surface area contributed by atoms with Crippen molar-refractivity contribution in [1.82, 2.24) is 0 Å². The summed E-state index contributed by atoms with van der Waals surface area (Å²) in [5, 5.41) is 10.0. The van der Waals surface area contributed by atoms with Gasteiger partial charge in [0.05, 0.1) is 0 Å². The average molecular weight is 357 g/mol. The van der Waals surface area contributed by atoms with Gasteiger partial charge in [0.25, 0.3) is 0 Å². The summed E-state index contributed by atoms with van der Waals surface area (Å²) >= 11 is 0. The van der Waals surface area contributed by atoms with E-state index in [-0.39, 0.29) is 32.5 Å². The molecule has 138 valence electrons. The SMILES string of the molecule is N[C@](O)(CCCC(=O)OCc1ccccc1)C(=O)OCc1ccccc1. The van der Waals surface area contributed by atoms with E-state index in [0.717, 1.165) is 11.1 Å². The Kier molecular flexibility index (Phi) is 7.32. The zero-order chi connectivity index (χ0) is 18.8. The van der Waals surface area contributed by atoms with Crippen molar-refractivity contribution in [2.45, 2.75) is 38.2 Å². The summed E-state index contributed by atoms with van der Waals surface area (Å²) in [5.74, 6) is -1.33. The molecule has 26 heavy (non-hydrogen) atoms. The summed E-state index contributed by atoms with van der Waals surface area (Å²) in [4.78, 5) is 23.6. The second-order valence-corrected chi connectivity index (χ2v) is 5.99. The molecular weight excluding hydrogens is 334 g/mol. The summed E-state index contributed by atoms with van der Waals surface area (Å²) in [6.45, 7) is 0.212. The van der Waals surface area contributed by atoms with Gasteiger partial charge in [0.1, 0.15) is 13.2 Å². The molecular formula is C20H23NO5. The molecule has 0 aliphatic heterocycles. The Balaban J connectivity index is 1.67. The molecule has 3 N–H and O–H groups in total. The van der Waals surface area contributed by atoms with E-state index in [0.29, 0.717) is 0 Å². The zero-order valence-corrected chi connectivity index (χ0v) is 14.5. The van der Waals surface area contributed by atoms with E-state index in [4.69, 9.17) is 15.2 Å². The lowest BCUT2D eigenvalue weighted by molar-refractivity contribution is -0.167. The van der Waals surface area contributed by atoms with Crippen LogP contribution in [-0.2, 0) is 32.3 Å². The van der Waals surface area contributed by atoms with Gasteiger partial charge in [-0.1, -0.05) is 60.7 Å². The maximum atomic E-state index is 11.9. The maximum Gasteiger partial charge on any atom is 0.353 e. The Hall–Kier alpha value is -2.70. The van der Waals surface area contributed by atoms with Crippen molar-refractivity contribution in [3.8, 4) is 0 Å². The number of hydrogen-bond acceptors (Lipinski definition) is 6. The fourth-order valence-electron chi connectivity index (χ4n) is 2.26. The first-order valence-corrected chi connectivity index (χ1v) is 8.39. The molecule has 2 aromatic rings. The van der Waals surface area contributed by atoms with E-state index in [1.54, 1.807) is 12.1 Å². The summed E-state index contributed by atoms with van der Waals surface area (Å²) in [5.41, 5.74) is 5.16. The van der Waals surface area contributed by atoms with Gasteiger partial charge in [-0.3, -0.25) is 10.5 Å². The summed E-state index contributed by atoms with van der Waals surface area (Å²) < 4.78 is 10.2. The van der Waals surface area contributed by atoms with Crippen LogP contribution in [0.4, 0.5) is 0 Å². The van der Waals surface area contributed by atoms with Crippen molar-refractivity contribution >= 4 is 11.9 Å². The Morgan fingerprint density at radius 2 is 1.38 bits per heavy atom. The molecule has 0 radical (unpaired) electrons. The van der Waals surface area contributed by atoms with E-state index < -0.39 is 17.7 Å². The highest BCUT2D eigenvalue weighted by Gasteiger charge is 2.32. The van der Waals surface area contributed by atoms with Gasteiger partial charge in [-0.05, 0) is 17.5 Å². The molecule has 6 nitrogen and oxygen atoms in total. The molecule has 0 unspecified atom stereocenters. The number of carbonyl (C=O) groups excluding carboxylic acids is 2. The highest BCUT2D eigenvalue weighted by Crippen LogP contribution is 2.13. The van der Waals surface area contributed by atoms with Crippen LogP contribution in [-0.4, -0.2) is 22.8 Å². The molecule has 0 aliphatic carbocycles. The molecule has 0 amide bonds. The number of rotatable bonds is 9. The predicted octanol–water partition coefficient (Wildman–Crippen LogP) is 2.29. The Labute approximate surface area is 152 Å². The van der Waals surface area contributed by atoms with Crippen LogP contribution in [0, 0.1) is 0 Å². The normalized spacial score (nSPS) is 12.8. The minimum absolute atomic E-state index is 0.0261. The Morgan fingerprint density at radius 3 is 1.92 bits per heavy atom. The molecule has 0 aromatic heterocycles. The lowest BCUT2D eigenvalue weighted by Crippen LogP contribution is -2.48. The molecule has 0 heterocycles. The first-order valence-electron chi connectivity index (χ1n) is 8.39. The molecule has 0 spiro atoms. The van der Waals surface area contributed by atoms with E-state index >= 15 is 0 Å². The van der Waals surface area contributed by atoms with Crippen LogP contribution >= 0.6 is 0 Å². The molecule has 2 aromatic carbocycles. The smallest absolute Gasteiger partial charge is 0.353 e. The average Bonchev–Trinajstić information content (AvgIpc) is 2.66. The fourth-order valence-corrected chi connectivity index (χ4v) is 2.26. The third-order valence-electron chi connectivity index (χ3n) is 3.75. The number of aliphatic hydroxyl groups is 1. The number of esters is 2. The van der Waals surface area contributed by atoms with E-state index in [2.05, 4.69) is 0 Å². The van der Waals surface area contributed by atoms with Crippen molar-refractivity contribution < 1.29 is 24.2 Å². The van der Waals surface area contributed by atoms with Gasteiger partial charge in [0, 0.05) is 12.8 Å². The minimum Gasteiger partial charge on any atom is -0.461 e. The third kappa shape index (κ3) is 6.66. The van der Waals surface area contributed by atoms with Crippen LogP contribution in [0.25, 0.3) is 0 Å². The maximum absolute atomic E-state index is 11.9. The van der Waals surface area contributed by atoms with Gasteiger partial charge < -0.3 is 14.6 Å². The highest BCUT2D eigenvalue weighted by molar-refractivity contribution is 5.78.